The average Bonchev–Trinajstić information content (AvgIpc) is 2.33. The molecule has 0 aliphatic carbocycles. The van der Waals surface area contributed by atoms with Crippen LogP contribution in [0.15, 0.2) is 0 Å². The van der Waals surface area contributed by atoms with Gasteiger partial charge in [0.25, 0.3) is 11.9 Å². The fraction of sp³-hybridized carbons (Fsp3) is 0.800. The minimum absolute atomic E-state index is 0. The van der Waals surface area contributed by atoms with E-state index in [1.54, 1.807) is 23.5 Å². The SMILES string of the molecule is CSCCC([NH-])C(=O)O.CSCCC([NH-])C(=O)O.[Cu+2]. The Hall–Kier alpha value is 0.0795. The molecule has 0 aromatic heterocycles. The van der Waals surface area contributed by atoms with Gasteiger partial charge >= 0.3 is 17.1 Å². The van der Waals surface area contributed by atoms with Crippen LogP contribution in [-0.4, -0.2) is 58.3 Å². The second kappa shape index (κ2) is 16.1. The zero-order valence-corrected chi connectivity index (χ0v) is 13.4. The van der Waals surface area contributed by atoms with Gasteiger partial charge in [0.15, 0.2) is 0 Å². The van der Waals surface area contributed by atoms with Gasteiger partial charge in [0.1, 0.15) is 0 Å². The fourth-order valence-corrected chi connectivity index (χ4v) is 1.66. The normalized spacial score (nSPS) is 12.4. The smallest absolute Gasteiger partial charge is 0.665 e. The van der Waals surface area contributed by atoms with E-state index in [0.717, 1.165) is 11.5 Å². The maximum Gasteiger partial charge on any atom is 2.00 e. The summed E-state index contributed by atoms with van der Waals surface area (Å²) in [6.07, 6.45) is 4.68. The molecule has 0 aliphatic heterocycles. The van der Waals surface area contributed by atoms with Crippen LogP contribution in [0.25, 0.3) is 11.5 Å². The summed E-state index contributed by atoms with van der Waals surface area (Å²) in [7, 11) is 0. The van der Waals surface area contributed by atoms with Crippen LogP contribution < -0.4 is 0 Å². The van der Waals surface area contributed by atoms with Crippen LogP contribution in [0.1, 0.15) is 12.8 Å². The summed E-state index contributed by atoms with van der Waals surface area (Å²) in [5, 5.41) is 16.4. The van der Waals surface area contributed by atoms with Gasteiger partial charge in [-0.15, -0.1) is 0 Å². The molecule has 2 unspecified atom stereocenters. The number of carbonyl (C=O) groups is 2. The van der Waals surface area contributed by atoms with Crippen molar-refractivity contribution in [2.45, 2.75) is 24.9 Å². The Balaban J connectivity index is -0.000000256. The van der Waals surface area contributed by atoms with Gasteiger partial charge in [0, 0.05) is 0 Å². The molecule has 2 atom stereocenters. The maximum absolute atomic E-state index is 10.0. The number of carboxylic acid groups (broad SMARTS) is 2. The van der Waals surface area contributed by atoms with E-state index in [9.17, 15) is 9.59 Å². The Labute approximate surface area is 132 Å². The summed E-state index contributed by atoms with van der Waals surface area (Å²) in [4.78, 5) is 20.0. The Morgan fingerprint density at radius 1 is 0.947 bits per heavy atom. The van der Waals surface area contributed by atoms with Crippen molar-refractivity contribution in [2.75, 3.05) is 24.0 Å². The van der Waals surface area contributed by atoms with E-state index in [2.05, 4.69) is 0 Å². The molecule has 0 fully saturated rings. The molecule has 19 heavy (non-hydrogen) atoms. The molecule has 0 saturated carbocycles. The van der Waals surface area contributed by atoms with Crippen molar-refractivity contribution in [1.82, 2.24) is 0 Å². The molecule has 117 valence electrons. The molecular weight excluding hydrogens is 340 g/mol. The monoisotopic (exact) mass is 359 g/mol. The van der Waals surface area contributed by atoms with Gasteiger partial charge in [-0.3, -0.25) is 9.59 Å². The van der Waals surface area contributed by atoms with Crippen LogP contribution in [0.4, 0.5) is 0 Å². The van der Waals surface area contributed by atoms with Crippen LogP contribution in [0.5, 0.6) is 0 Å². The van der Waals surface area contributed by atoms with Crippen molar-refractivity contribution < 1.29 is 36.9 Å². The summed E-state index contributed by atoms with van der Waals surface area (Å²) in [5.74, 6) is -0.547. The van der Waals surface area contributed by atoms with Crippen LogP contribution >= 0.6 is 23.5 Å². The first-order chi connectivity index (χ1) is 8.36. The molecule has 0 amide bonds. The van der Waals surface area contributed by atoms with Gasteiger partial charge in [0.05, 0.1) is 0 Å². The fourth-order valence-electron chi connectivity index (χ4n) is 0.718. The first-order valence-corrected chi connectivity index (χ1v) is 8.01. The quantitative estimate of drug-likeness (QED) is 0.642. The van der Waals surface area contributed by atoms with Crippen LogP contribution in [0.2, 0.25) is 0 Å². The van der Waals surface area contributed by atoms with Gasteiger partial charge in [0.2, 0.25) is 0 Å². The number of thioether (sulfide) groups is 2. The van der Waals surface area contributed by atoms with Crippen LogP contribution in [-0.2, 0) is 26.7 Å². The maximum atomic E-state index is 10.0. The Morgan fingerprint density at radius 3 is 1.37 bits per heavy atom. The standard InChI is InChI=1S/2C5H10NO2S.Cu/c2*1-9-3-2-4(6)5(7)8;/h2*4,6H,2-3H2,1H3,(H,7,8);/q2*-1;+2. The predicted molar refractivity (Wildman–Crippen MR) is 77.5 cm³/mol. The second-order valence-corrected chi connectivity index (χ2v) is 5.32. The van der Waals surface area contributed by atoms with Crippen molar-refractivity contribution in [3.63, 3.8) is 0 Å². The van der Waals surface area contributed by atoms with E-state index in [1.807, 2.05) is 12.5 Å². The molecular formula is C10H20CuN2O4S2. The third kappa shape index (κ3) is 18.1. The summed E-state index contributed by atoms with van der Waals surface area (Å²) in [6.45, 7) is 0. The van der Waals surface area contributed by atoms with E-state index >= 15 is 0 Å². The van der Waals surface area contributed by atoms with Crippen molar-refractivity contribution in [3.05, 3.63) is 11.5 Å². The largest absolute Gasteiger partial charge is 2.00 e. The Kier molecular flexibility index (Phi) is 20.5. The molecule has 6 nitrogen and oxygen atoms in total. The molecule has 0 heterocycles. The number of carboxylic acids is 2. The summed E-state index contributed by atoms with van der Waals surface area (Å²) < 4.78 is 0. The molecule has 0 aliphatic rings. The van der Waals surface area contributed by atoms with E-state index < -0.39 is 24.0 Å². The molecule has 0 rings (SSSR count). The minimum Gasteiger partial charge on any atom is -0.665 e. The van der Waals surface area contributed by atoms with Crippen molar-refractivity contribution >= 4 is 35.5 Å². The number of rotatable bonds is 8. The predicted octanol–water partition coefficient (Wildman–Crippen LogP) is 2.49. The van der Waals surface area contributed by atoms with Crippen molar-refractivity contribution in [3.8, 4) is 0 Å². The summed E-state index contributed by atoms with van der Waals surface area (Å²) >= 11 is 3.13. The first kappa shape index (κ1) is 24.1. The first-order valence-electron chi connectivity index (χ1n) is 5.22. The number of aliphatic carboxylic acids is 2. The van der Waals surface area contributed by atoms with Gasteiger partial charge in [-0.1, -0.05) is 12.8 Å². The molecule has 0 spiro atoms. The molecule has 1 radical (unpaired) electrons. The average molecular weight is 360 g/mol. The van der Waals surface area contributed by atoms with E-state index in [0.29, 0.717) is 12.8 Å². The van der Waals surface area contributed by atoms with Crippen LogP contribution in [0.3, 0.4) is 0 Å². The summed E-state index contributed by atoms with van der Waals surface area (Å²) in [5.41, 5.74) is 13.8. The zero-order chi connectivity index (χ0) is 14.6. The van der Waals surface area contributed by atoms with Crippen LogP contribution in [0, 0.1) is 0 Å². The molecule has 4 N–H and O–H groups in total. The van der Waals surface area contributed by atoms with E-state index in [1.165, 1.54) is 0 Å². The van der Waals surface area contributed by atoms with Gasteiger partial charge in [-0.05, 0) is 36.1 Å². The molecule has 0 aromatic rings. The Morgan fingerprint density at radius 2 is 1.21 bits per heavy atom. The minimum atomic E-state index is -1.02. The van der Waals surface area contributed by atoms with Crippen molar-refractivity contribution in [2.24, 2.45) is 0 Å². The number of nitrogens with one attached hydrogen (secondary N) is 2. The second-order valence-electron chi connectivity index (χ2n) is 3.34. The van der Waals surface area contributed by atoms with E-state index in [4.69, 9.17) is 21.7 Å². The topological polar surface area (TPSA) is 122 Å². The third-order valence-electron chi connectivity index (χ3n) is 1.82. The molecule has 0 bridgehead atoms. The Bertz CT molecular complexity index is 224. The van der Waals surface area contributed by atoms with Gasteiger partial charge in [-0.2, -0.15) is 23.5 Å². The number of hydrogen-bond acceptors (Lipinski definition) is 4. The molecule has 0 saturated heterocycles. The van der Waals surface area contributed by atoms with E-state index in [-0.39, 0.29) is 17.1 Å². The van der Waals surface area contributed by atoms with Crippen molar-refractivity contribution in [1.29, 1.82) is 0 Å². The molecule has 0 aromatic carbocycles. The van der Waals surface area contributed by atoms with Gasteiger partial charge in [-0.25, -0.2) is 0 Å². The van der Waals surface area contributed by atoms with Gasteiger partial charge < -0.3 is 21.7 Å². The summed E-state index contributed by atoms with van der Waals surface area (Å²) in [6, 6.07) is -1.87. The zero-order valence-electron chi connectivity index (χ0n) is 10.8. The number of hydrogen-bond donors (Lipinski definition) is 2. The molecule has 9 heteroatoms. The third-order valence-corrected chi connectivity index (χ3v) is 3.11.